The number of hydrogen-bond donors (Lipinski definition) is 0. The molecule has 0 amide bonds. The molecule has 2 nitrogen and oxygen atoms in total. The second kappa shape index (κ2) is 6.16. The Morgan fingerprint density at radius 3 is 2.42 bits per heavy atom. The van der Waals surface area contributed by atoms with Gasteiger partial charge in [-0.15, -0.1) is 0 Å². The second-order valence-corrected chi connectivity index (χ2v) is 10.3. The first-order valence-corrected chi connectivity index (χ1v) is 12.0. The van der Waals surface area contributed by atoms with Gasteiger partial charge in [0.2, 0.25) is 0 Å². The van der Waals surface area contributed by atoms with Crippen molar-refractivity contribution in [2.45, 2.75) is 50.9 Å². The van der Waals surface area contributed by atoms with Gasteiger partial charge in [0.1, 0.15) is 11.2 Å². The third kappa shape index (κ3) is 2.39. The van der Waals surface area contributed by atoms with Crippen molar-refractivity contribution in [2.24, 2.45) is 18.9 Å². The van der Waals surface area contributed by atoms with Crippen molar-refractivity contribution in [3.05, 3.63) is 60.2 Å². The van der Waals surface area contributed by atoms with Crippen molar-refractivity contribution in [2.75, 3.05) is 0 Å². The van der Waals surface area contributed by atoms with E-state index in [0.717, 1.165) is 23.0 Å². The van der Waals surface area contributed by atoms with Crippen LogP contribution in [-0.4, -0.2) is 4.57 Å². The van der Waals surface area contributed by atoms with Crippen LogP contribution in [0.3, 0.4) is 0 Å². The molecule has 2 unspecified atom stereocenters. The average Bonchev–Trinajstić information content (AvgIpc) is 3.43. The highest BCUT2D eigenvalue weighted by atomic mass is 16.3. The number of hydrogen-bond acceptors (Lipinski definition) is 1. The fourth-order valence-corrected chi connectivity index (χ4v) is 7.22. The highest BCUT2D eigenvalue weighted by Crippen LogP contribution is 2.53. The summed E-state index contributed by atoms with van der Waals surface area (Å²) in [4.78, 5) is 0. The minimum absolute atomic E-state index is 0.353. The van der Waals surface area contributed by atoms with Gasteiger partial charge in [-0.2, -0.15) is 0 Å². The van der Waals surface area contributed by atoms with Crippen LogP contribution in [0.1, 0.15) is 51.0 Å². The Bertz CT molecular complexity index is 1470. The van der Waals surface area contributed by atoms with Crippen molar-refractivity contribution >= 4 is 43.7 Å². The molecule has 2 fully saturated rings. The molecule has 0 saturated heterocycles. The summed E-state index contributed by atoms with van der Waals surface area (Å²) < 4.78 is 8.69. The summed E-state index contributed by atoms with van der Waals surface area (Å²) in [6.07, 6.45) is 8.35. The molecular formula is C29H29NO. The lowest BCUT2D eigenvalue weighted by atomic mass is 9.64. The molecule has 156 valence electrons. The third-order valence-electron chi connectivity index (χ3n) is 8.80. The number of benzene rings is 3. The maximum atomic E-state index is 6.37. The van der Waals surface area contributed by atoms with Crippen molar-refractivity contribution in [1.82, 2.24) is 4.57 Å². The van der Waals surface area contributed by atoms with Crippen LogP contribution in [0.2, 0.25) is 0 Å². The van der Waals surface area contributed by atoms with Crippen LogP contribution in [0.15, 0.2) is 59.0 Å². The molecule has 0 aliphatic heterocycles. The molecule has 31 heavy (non-hydrogen) atoms. The lowest BCUT2D eigenvalue weighted by Gasteiger charge is -2.41. The van der Waals surface area contributed by atoms with E-state index in [4.69, 9.17) is 4.42 Å². The lowest BCUT2D eigenvalue weighted by molar-refractivity contribution is 0.207. The fourth-order valence-electron chi connectivity index (χ4n) is 7.22. The van der Waals surface area contributed by atoms with E-state index in [9.17, 15) is 0 Å². The minimum atomic E-state index is 0.353. The molecule has 2 saturated carbocycles. The number of nitrogens with zero attached hydrogens (tertiary/aromatic N) is 1. The van der Waals surface area contributed by atoms with Crippen molar-refractivity contribution < 1.29 is 4.42 Å². The van der Waals surface area contributed by atoms with Gasteiger partial charge in [-0.3, -0.25) is 0 Å². The number of fused-ring (bicyclic) bond motifs is 8. The van der Waals surface area contributed by atoms with Crippen molar-refractivity contribution in [1.29, 1.82) is 0 Å². The number of para-hydroxylation sites is 1. The molecule has 2 atom stereocenters. The molecule has 0 N–H and O–H groups in total. The lowest BCUT2D eigenvalue weighted by Crippen LogP contribution is -2.33. The van der Waals surface area contributed by atoms with Gasteiger partial charge in [-0.25, -0.2) is 0 Å². The van der Waals surface area contributed by atoms with Crippen molar-refractivity contribution in [3.63, 3.8) is 0 Å². The number of aromatic nitrogens is 1. The Balaban J connectivity index is 1.47. The number of furan rings is 1. The van der Waals surface area contributed by atoms with Gasteiger partial charge in [0.25, 0.3) is 0 Å². The molecule has 0 radical (unpaired) electrons. The van der Waals surface area contributed by atoms with Crippen LogP contribution < -0.4 is 0 Å². The van der Waals surface area contributed by atoms with Gasteiger partial charge in [-0.1, -0.05) is 44.0 Å². The van der Waals surface area contributed by atoms with E-state index in [1.165, 1.54) is 71.1 Å². The highest BCUT2D eigenvalue weighted by molar-refractivity contribution is 6.16. The largest absolute Gasteiger partial charge is 0.456 e. The molecule has 2 bridgehead atoms. The summed E-state index contributed by atoms with van der Waals surface area (Å²) in [7, 11) is 2.17. The first kappa shape index (κ1) is 17.9. The van der Waals surface area contributed by atoms with Crippen LogP contribution in [-0.2, 0) is 12.5 Å². The topological polar surface area (TPSA) is 18.1 Å². The average molecular weight is 408 g/mol. The summed E-state index contributed by atoms with van der Waals surface area (Å²) in [5, 5.41) is 5.11. The van der Waals surface area contributed by atoms with E-state index in [2.05, 4.69) is 73.1 Å². The standard InChI is InChI=1S/C29H29NO/c1-3-29(16-18-8-9-19(12-18)17-29)20-10-11-27-23(13-20)24-14-26-22(15-28(24)31-27)21-6-4-5-7-25(21)30(26)2/h4-7,10-11,13-15,18-19H,3,8-9,12,16-17H2,1-2H3. The molecule has 2 aliphatic rings. The summed E-state index contributed by atoms with van der Waals surface area (Å²) in [6.45, 7) is 2.40. The van der Waals surface area contributed by atoms with E-state index in [1.54, 1.807) is 5.56 Å². The Hall–Kier alpha value is -2.74. The van der Waals surface area contributed by atoms with Gasteiger partial charge in [0.05, 0.1) is 0 Å². The maximum absolute atomic E-state index is 6.37. The van der Waals surface area contributed by atoms with Crippen LogP contribution in [0.25, 0.3) is 43.7 Å². The van der Waals surface area contributed by atoms with Crippen LogP contribution in [0.4, 0.5) is 0 Å². The van der Waals surface area contributed by atoms with E-state index in [1.807, 2.05) is 0 Å². The van der Waals surface area contributed by atoms with Crippen LogP contribution in [0.5, 0.6) is 0 Å². The third-order valence-corrected chi connectivity index (χ3v) is 8.80. The zero-order chi connectivity index (χ0) is 20.7. The van der Waals surface area contributed by atoms with E-state index in [-0.39, 0.29) is 0 Å². The van der Waals surface area contributed by atoms with Gasteiger partial charge in [0, 0.05) is 39.6 Å². The maximum Gasteiger partial charge on any atom is 0.136 e. The Kier molecular flexibility index (Phi) is 3.55. The normalized spacial score (nSPS) is 26.0. The zero-order valence-corrected chi connectivity index (χ0v) is 18.4. The predicted octanol–water partition coefficient (Wildman–Crippen LogP) is 8.09. The van der Waals surface area contributed by atoms with Gasteiger partial charge < -0.3 is 8.98 Å². The Morgan fingerprint density at radius 1 is 0.839 bits per heavy atom. The van der Waals surface area contributed by atoms with Gasteiger partial charge in [-0.05, 0) is 78.8 Å². The molecule has 2 aromatic heterocycles. The Morgan fingerprint density at radius 2 is 1.61 bits per heavy atom. The summed E-state index contributed by atoms with van der Waals surface area (Å²) >= 11 is 0. The van der Waals surface area contributed by atoms with Crippen LogP contribution >= 0.6 is 0 Å². The van der Waals surface area contributed by atoms with Crippen molar-refractivity contribution in [3.8, 4) is 0 Å². The smallest absolute Gasteiger partial charge is 0.136 e. The molecule has 2 aliphatic carbocycles. The minimum Gasteiger partial charge on any atom is -0.456 e. The molecule has 7 rings (SSSR count). The Labute approximate surface area is 182 Å². The second-order valence-electron chi connectivity index (χ2n) is 10.3. The first-order valence-electron chi connectivity index (χ1n) is 12.0. The summed E-state index contributed by atoms with van der Waals surface area (Å²) in [6, 6.07) is 20.3. The predicted molar refractivity (Wildman–Crippen MR) is 130 cm³/mol. The summed E-state index contributed by atoms with van der Waals surface area (Å²) in [5.74, 6) is 1.87. The molecule has 2 heteroatoms. The molecule has 0 spiro atoms. The fraction of sp³-hybridized carbons (Fsp3) is 0.379. The zero-order valence-electron chi connectivity index (χ0n) is 18.4. The van der Waals surface area contributed by atoms with E-state index in [0.29, 0.717) is 5.41 Å². The van der Waals surface area contributed by atoms with E-state index >= 15 is 0 Å². The molecule has 5 aromatic rings. The number of aryl methyl sites for hydroxylation is 1. The SMILES string of the molecule is CCC1(c2ccc3oc4cc5c6ccccc6n(C)c5cc4c3c2)CC2CCC(C2)C1. The monoisotopic (exact) mass is 407 g/mol. The number of rotatable bonds is 2. The van der Waals surface area contributed by atoms with E-state index < -0.39 is 0 Å². The van der Waals surface area contributed by atoms with Gasteiger partial charge in [0.15, 0.2) is 0 Å². The molecule has 3 aromatic carbocycles. The first-order chi connectivity index (χ1) is 15.1. The van der Waals surface area contributed by atoms with Crippen LogP contribution in [0, 0.1) is 11.8 Å². The summed E-state index contributed by atoms with van der Waals surface area (Å²) in [5.41, 5.74) is 6.47. The quantitative estimate of drug-likeness (QED) is 0.289. The molecular weight excluding hydrogens is 378 g/mol. The van der Waals surface area contributed by atoms with Gasteiger partial charge >= 0.3 is 0 Å². The molecule has 2 heterocycles. The highest BCUT2D eigenvalue weighted by Gasteiger charge is 2.43.